The first kappa shape index (κ1) is 18.0. The molecule has 6 heteroatoms. The van der Waals surface area contributed by atoms with E-state index in [2.05, 4.69) is 5.32 Å². The van der Waals surface area contributed by atoms with Gasteiger partial charge in [-0.05, 0) is 53.2 Å². The molecule has 0 aromatic heterocycles. The highest BCUT2D eigenvalue weighted by Crippen LogP contribution is 2.36. The SMILES string of the molecule is CC(C)NC(=O)Cc1ccc(B2OC(C)(C)C(C)(C)O2)c(F)c1. The lowest BCUT2D eigenvalue weighted by Crippen LogP contribution is -2.41. The first-order valence-corrected chi connectivity index (χ1v) is 7.95. The molecule has 0 unspecified atom stereocenters. The molecule has 1 N–H and O–H groups in total. The Morgan fingerprint density at radius 3 is 2.26 bits per heavy atom. The number of benzene rings is 1. The number of carbonyl (C=O) groups is 1. The number of halogens is 1. The third kappa shape index (κ3) is 3.93. The predicted octanol–water partition coefficient (Wildman–Crippen LogP) is 2.19. The Hall–Kier alpha value is -1.40. The molecule has 0 radical (unpaired) electrons. The zero-order chi connectivity index (χ0) is 17.4. The third-order valence-electron chi connectivity index (χ3n) is 4.39. The number of amides is 1. The van der Waals surface area contributed by atoms with Crippen molar-refractivity contribution in [3.63, 3.8) is 0 Å². The standard InChI is InChI=1S/C17H25BFNO3/c1-11(2)20-15(21)10-12-7-8-13(14(19)9-12)18-22-16(3,4)17(5,6)23-18/h7-9,11H,10H2,1-6H3,(H,20,21). The number of hydrogen-bond acceptors (Lipinski definition) is 3. The van der Waals surface area contributed by atoms with Crippen molar-refractivity contribution in [2.45, 2.75) is 65.2 Å². The van der Waals surface area contributed by atoms with Crippen molar-refractivity contribution >= 4 is 18.5 Å². The van der Waals surface area contributed by atoms with Crippen LogP contribution in [-0.4, -0.2) is 30.3 Å². The van der Waals surface area contributed by atoms with Gasteiger partial charge in [-0.25, -0.2) is 4.39 Å². The van der Waals surface area contributed by atoms with Crippen molar-refractivity contribution in [3.8, 4) is 0 Å². The topological polar surface area (TPSA) is 47.6 Å². The summed E-state index contributed by atoms with van der Waals surface area (Å²) in [5.74, 6) is -0.541. The first-order valence-electron chi connectivity index (χ1n) is 7.95. The average Bonchev–Trinajstić information content (AvgIpc) is 2.56. The van der Waals surface area contributed by atoms with Gasteiger partial charge in [-0.1, -0.05) is 12.1 Å². The normalized spacial score (nSPS) is 19.2. The molecular weight excluding hydrogens is 296 g/mol. The highest BCUT2D eigenvalue weighted by Gasteiger charge is 2.52. The summed E-state index contributed by atoms with van der Waals surface area (Å²) in [5, 5.41) is 2.79. The zero-order valence-corrected chi connectivity index (χ0v) is 14.7. The van der Waals surface area contributed by atoms with Crippen molar-refractivity contribution < 1.29 is 18.5 Å². The minimum absolute atomic E-state index is 0.0661. The summed E-state index contributed by atoms with van der Waals surface area (Å²) < 4.78 is 26.2. The second-order valence-corrected chi connectivity index (χ2v) is 7.34. The number of nitrogens with one attached hydrogen (secondary N) is 1. The molecule has 1 heterocycles. The summed E-state index contributed by atoms with van der Waals surface area (Å²) in [6.45, 7) is 11.5. The maximum Gasteiger partial charge on any atom is 0.497 e. The van der Waals surface area contributed by atoms with Crippen LogP contribution in [0.5, 0.6) is 0 Å². The van der Waals surface area contributed by atoms with E-state index in [1.165, 1.54) is 6.07 Å². The fraction of sp³-hybridized carbons (Fsp3) is 0.588. The largest absolute Gasteiger partial charge is 0.497 e. The highest BCUT2D eigenvalue weighted by molar-refractivity contribution is 6.62. The molecule has 1 fully saturated rings. The van der Waals surface area contributed by atoms with Crippen LogP contribution in [0.15, 0.2) is 18.2 Å². The molecule has 0 bridgehead atoms. The molecule has 23 heavy (non-hydrogen) atoms. The van der Waals surface area contributed by atoms with E-state index in [-0.39, 0.29) is 18.4 Å². The average molecular weight is 321 g/mol. The molecule has 0 saturated carbocycles. The zero-order valence-electron chi connectivity index (χ0n) is 14.7. The third-order valence-corrected chi connectivity index (χ3v) is 4.39. The molecule has 0 aliphatic carbocycles. The molecule has 1 aliphatic rings. The molecule has 1 aliphatic heterocycles. The van der Waals surface area contributed by atoms with Gasteiger partial charge in [0.05, 0.1) is 17.6 Å². The molecule has 0 spiro atoms. The van der Waals surface area contributed by atoms with E-state index in [0.717, 1.165) is 0 Å². The van der Waals surface area contributed by atoms with Crippen molar-refractivity contribution in [2.24, 2.45) is 0 Å². The monoisotopic (exact) mass is 321 g/mol. The lowest BCUT2D eigenvalue weighted by atomic mass is 9.78. The van der Waals surface area contributed by atoms with Gasteiger partial charge in [0.1, 0.15) is 5.82 Å². The van der Waals surface area contributed by atoms with Crippen LogP contribution in [0.2, 0.25) is 0 Å². The fourth-order valence-corrected chi connectivity index (χ4v) is 2.40. The van der Waals surface area contributed by atoms with Gasteiger partial charge in [-0.2, -0.15) is 0 Å². The number of carbonyl (C=O) groups excluding carboxylic acids is 1. The van der Waals surface area contributed by atoms with Gasteiger partial charge in [0, 0.05) is 11.5 Å². The van der Waals surface area contributed by atoms with Crippen LogP contribution in [0.4, 0.5) is 4.39 Å². The second kappa shape index (κ2) is 6.25. The maximum absolute atomic E-state index is 14.4. The highest BCUT2D eigenvalue weighted by atomic mass is 19.1. The summed E-state index contributed by atoms with van der Waals surface area (Å²) in [6, 6.07) is 4.82. The van der Waals surface area contributed by atoms with Crippen LogP contribution >= 0.6 is 0 Å². The van der Waals surface area contributed by atoms with Crippen molar-refractivity contribution in [1.82, 2.24) is 5.32 Å². The molecule has 1 amide bonds. The van der Waals surface area contributed by atoms with E-state index >= 15 is 0 Å². The van der Waals surface area contributed by atoms with Crippen LogP contribution in [0.3, 0.4) is 0 Å². The summed E-state index contributed by atoms with van der Waals surface area (Å²) in [4.78, 5) is 11.8. The van der Waals surface area contributed by atoms with E-state index in [4.69, 9.17) is 9.31 Å². The minimum Gasteiger partial charge on any atom is -0.399 e. The van der Waals surface area contributed by atoms with E-state index in [1.54, 1.807) is 12.1 Å². The summed E-state index contributed by atoms with van der Waals surface area (Å²) in [5.41, 5.74) is -0.0440. The van der Waals surface area contributed by atoms with Crippen LogP contribution in [0.1, 0.15) is 47.1 Å². The van der Waals surface area contributed by atoms with Crippen molar-refractivity contribution in [3.05, 3.63) is 29.6 Å². The molecule has 4 nitrogen and oxygen atoms in total. The van der Waals surface area contributed by atoms with Gasteiger partial charge in [0.2, 0.25) is 5.91 Å². The summed E-state index contributed by atoms with van der Waals surface area (Å²) in [6.07, 6.45) is 0.152. The molecule has 126 valence electrons. The van der Waals surface area contributed by atoms with Gasteiger partial charge < -0.3 is 14.6 Å². The molecular formula is C17H25BFNO3. The molecule has 1 aromatic rings. The van der Waals surface area contributed by atoms with Crippen LogP contribution in [0, 0.1) is 5.82 Å². The number of rotatable bonds is 4. The Balaban J connectivity index is 2.13. The quantitative estimate of drug-likeness (QED) is 0.865. The van der Waals surface area contributed by atoms with Gasteiger partial charge in [0.15, 0.2) is 0 Å². The number of hydrogen-bond donors (Lipinski definition) is 1. The van der Waals surface area contributed by atoms with Gasteiger partial charge in [-0.3, -0.25) is 4.79 Å². The molecule has 0 atom stereocenters. The van der Waals surface area contributed by atoms with Crippen LogP contribution < -0.4 is 10.8 Å². The van der Waals surface area contributed by atoms with E-state index in [1.807, 2.05) is 41.5 Å². The van der Waals surface area contributed by atoms with Gasteiger partial charge >= 0.3 is 7.12 Å². The predicted molar refractivity (Wildman–Crippen MR) is 89.1 cm³/mol. The first-order chi connectivity index (χ1) is 10.5. The lowest BCUT2D eigenvalue weighted by molar-refractivity contribution is -0.120. The van der Waals surface area contributed by atoms with Crippen LogP contribution in [0.25, 0.3) is 0 Å². The molecule has 1 saturated heterocycles. The van der Waals surface area contributed by atoms with Crippen LogP contribution in [-0.2, 0) is 20.5 Å². The maximum atomic E-state index is 14.4. The Morgan fingerprint density at radius 1 is 1.22 bits per heavy atom. The smallest absolute Gasteiger partial charge is 0.399 e. The van der Waals surface area contributed by atoms with Crippen molar-refractivity contribution in [1.29, 1.82) is 0 Å². The Bertz CT molecular complexity index is 586. The molecule has 2 rings (SSSR count). The van der Waals surface area contributed by atoms with E-state index in [0.29, 0.717) is 11.0 Å². The van der Waals surface area contributed by atoms with Gasteiger partial charge in [0.25, 0.3) is 0 Å². The second-order valence-electron chi connectivity index (χ2n) is 7.34. The van der Waals surface area contributed by atoms with Crippen molar-refractivity contribution in [2.75, 3.05) is 0 Å². The van der Waals surface area contributed by atoms with E-state index in [9.17, 15) is 9.18 Å². The summed E-state index contributed by atoms with van der Waals surface area (Å²) >= 11 is 0. The lowest BCUT2D eigenvalue weighted by Gasteiger charge is -2.32. The minimum atomic E-state index is -0.737. The molecule has 1 aromatic carbocycles. The summed E-state index contributed by atoms with van der Waals surface area (Å²) in [7, 11) is -0.737. The Morgan fingerprint density at radius 2 is 1.78 bits per heavy atom. The Labute approximate surface area is 137 Å². The Kier molecular flexibility index (Phi) is 4.88. The fourth-order valence-electron chi connectivity index (χ4n) is 2.40. The van der Waals surface area contributed by atoms with E-state index < -0.39 is 24.1 Å². The van der Waals surface area contributed by atoms with Gasteiger partial charge in [-0.15, -0.1) is 0 Å².